The first-order chi connectivity index (χ1) is 14.2. The number of ether oxygens (including phenoxy) is 3. The van der Waals surface area contributed by atoms with Crippen LogP contribution < -0.4 is 19.5 Å². The Balaban J connectivity index is 1.68. The molecule has 1 atom stereocenters. The average Bonchev–Trinajstić information content (AvgIpc) is 2.73. The number of esters is 1. The van der Waals surface area contributed by atoms with Crippen LogP contribution in [0, 0.1) is 0 Å². The average molecular weight is 455 g/mol. The molecule has 160 valence electrons. The molecule has 1 aliphatic heterocycles. The lowest BCUT2D eigenvalue weighted by Crippen LogP contribution is -2.30. The number of nitrogens with one attached hydrogen (secondary N) is 2. The lowest BCUT2D eigenvalue weighted by Gasteiger charge is -2.19. The van der Waals surface area contributed by atoms with E-state index in [2.05, 4.69) is 10.0 Å². The van der Waals surface area contributed by atoms with Gasteiger partial charge in [0.1, 0.15) is 18.1 Å². The van der Waals surface area contributed by atoms with Crippen LogP contribution in [-0.2, 0) is 19.6 Å². The second-order valence-electron chi connectivity index (χ2n) is 6.25. The van der Waals surface area contributed by atoms with Gasteiger partial charge >= 0.3 is 5.97 Å². The van der Waals surface area contributed by atoms with E-state index in [-0.39, 0.29) is 15.5 Å². The predicted molar refractivity (Wildman–Crippen MR) is 109 cm³/mol. The number of carbonyl (C=O) groups is 2. The zero-order valence-corrected chi connectivity index (χ0v) is 17.7. The summed E-state index contributed by atoms with van der Waals surface area (Å²) < 4.78 is 42.2. The second-order valence-corrected chi connectivity index (χ2v) is 8.51. The van der Waals surface area contributed by atoms with Crippen molar-refractivity contribution in [1.82, 2.24) is 4.72 Å². The van der Waals surface area contributed by atoms with Crippen molar-refractivity contribution in [2.75, 3.05) is 25.6 Å². The summed E-state index contributed by atoms with van der Waals surface area (Å²) in [5, 5.41) is 2.57. The number of amides is 1. The molecule has 0 saturated carbocycles. The van der Waals surface area contributed by atoms with E-state index in [1.54, 1.807) is 18.2 Å². The van der Waals surface area contributed by atoms with Gasteiger partial charge in [0.2, 0.25) is 10.0 Å². The molecule has 2 N–H and O–H groups in total. The van der Waals surface area contributed by atoms with Crippen LogP contribution >= 0.6 is 11.6 Å². The monoisotopic (exact) mass is 454 g/mol. The third kappa shape index (κ3) is 4.84. The van der Waals surface area contributed by atoms with Crippen LogP contribution in [0.2, 0.25) is 5.02 Å². The first-order valence-corrected chi connectivity index (χ1v) is 10.7. The van der Waals surface area contributed by atoms with Crippen molar-refractivity contribution in [3.63, 3.8) is 0 Å². The second kappa shape index (κ2) is 8.90. The van der Waals surface area contributed by atoms with E-state index in [9.17, 15) is 18.0 Å². The SMILES string of the molecule is CNS(=O)(=O)c1cc(C(=O)O[C@H](C)C(=O)Nc2ccc3c(c2)OCCO3)ccc1Cl. The highest BCUT2D eigenvalue weighted by atomic mass is 35.5. The smallest absolute Gasteiger partial charge is 0.338 e. The van der Waals surface area contributed by atoms with Crippen LogP contribution in [0.15, 0.2) is 41.3 Å². The number of carbonyl (C=O) groups excluding carboxylic acids is 2. The van der Waals surface area contributed by atoms with Crippen LogP contribution in [0.3, 0.4) is 0 Å². The molecular formula is C19H19ClN2O7S. The van der Waals surface area contributed by atoms with Crippen LogP contribution in [-0.4, -0.2) is 46.7 Å². The molecule has 0 radical (unpaired) electrons. The Labute approximate surface area is 178 Å². The highest BCUT2D eigenvalue weighted by Gasteiger charge is 2.23. The van der Waals surface area contributed by atoms with Crippen LogP contribution in [0.25, 0.3) is 0 Å². The number of benzene rings is 2. The molecule has 1 aliphatic rings. The summed E-state index contributed by atoms with van der Waals surface area (Å²) in [6, 6.07) is 8.57. The Morgan fingerprint density at radius 1 is 1.10 bits per heavy atom. The van der Waals surface area contributed by atoms with Gasteiger partial charge in [0, 0.05) is 11.8 Å². The van der Waals surface area contributed by atoms with Crippen molar-refractivity contribution >= 4 is 39.2 Å². The Morgan fingerprint density at radius 2 is 1.80 bits per heavy atom. The number of fused-ring (bicyclic) bond motifs is 1. The molecule has 30 heavy (non-hydrogen) atoms. The topological polar surface area (TPSA) is 120 Å². The molecule has 1 heterocycles. The summed E-state index contributed by atoms with van der Waals surface area (Å²) in [5.41, 5.74) is 0.383. The summed E-state index contributed by atoms with van der Waals surface area (Å²) in [7, 11) is -2.65. The number of rotatable bonds is 6. The molecule has 1 amide bonds. The molecule has 2 aromatic carbocycles. The van der Waals surface area contributed by atoms with E-state index in [0.717, 1.165) is 6.07 Å². The van der Waals surface area contributed by atoms with Gasteiger partial charge in [0.15, 0.2) is 17.6 Å². The van der Waals surface area contributed by atoms with E-state index in [1.165, 1.54) is 26.1 Å². The van der Waals surface area contributed by atoms with Crippen molar-refractivity contribution < 1.29 is 32.2 Å². The molecule has 0 spiro atoms. The normalized spacial score (nSPS) is 14.0. The van der Waals surface area contributed by atoms with E-state index >= 15 is 0 Å². The van der Waals surface area contributed by atoms with Gasteiger partial charge in [-0.05, 0) is 44.3 Å². The van der Waals surface area contributed by atoms with E-state index in [1.807, 2.05) is 0 Å². The maximum absolute atomic E-state index is 12.4. The fraction of sp³-hybridized carbons (Fsp3) is 0.263. The fourth-order valence-corrected chi connectivity index (χ4v) is 3.84. The predicted octanol–water partition coefficient (Wildman–Crippen LogP) is 2.20. The van der Waals surface area contributed by atoms with Gasteiger partial charge < -0.3 is 19.5 Å². The Morgan fingerprint density at radius 3 is 2.50 bits per heavy atom. The maximum atomic E-state index is 12.4. The lowest BCUT2D eigenvalue weighted by molar-refractivity contribution is -0.123. The van der Waals surface area contributed by atoms with Crippen molar-refractivity contribution in [2.24, 2.45) is 0 Å². The zero-order chi connectivity index (χ0) is 21.9. The minimum absolute atomic E-state index is 0.0506. The third-order valence-corrected chi connectivity index (χ3v) is 6.08. The van der Waals surface area contributed by atoms with Gasteiger partial charge in [-0.3, -0.25) is 4.79 Å². The summed E-state index contributed by atoms with van der Waals surface area (Å²) in [6.07, 6.45) is -1.15. The standard InChI is InChI=1S/C19H19ClN2O7S/c1-11(18(23)22-13-4-6-15-16(10-13)28-8-7-27-15)29-19(24)12-3-5-14(20)17(9-12)30(25,26)21-2/h3-6,9-11,21H,7-8H2,1-2H3,(H,22,23)/t11-/m1/s1. The number of hydrogen-bond acceptors (Lipinski definition) is 7. The lowest BCUT2D eigenvalue weighted by atomic mass is 10.2. The van der Waals surface area contributed by atoms with Crippen LogP contribution in [0.1, 0.15) is 17.3 Å². The quantitative estimate of drug-likeness (QED) is 0.642. The highest BCUT2D eigenvalue weighted by molar-refractivity contribution is 7.89. The number of anilines is 1. The van der Waals surface area contributed by atoms with Gasteiger partial charge in [0.25, 0.3) is 5.91 Å². The highest BCUT2D eigenvalue weighted by Crippen LogP contribution is 2.32. The first kappa shape index (κ1) is 21.9. The van der Waals surface area contributed by atoms with Crippen molar-refractivity contribution in [3.05, 3.63) is 47.0 Å². The first-order valence-electron chi connectivity index (χ1n) is 8.86. The van der Waals surface area contributed by atoms with Gasteiger partial charge in [-0.15, -0.1) is 0 Å². The maximum Gasteiger partial charge on any atom is 0.338 e. The largest absolute Gasteiger partial charge is 0.486 e. The molecule has 2 aromatic rings. The molecule has 0 aliphatic carbocycles. The molecule has 0 saturated heterocycles. The molecule has 11 heteroatoms. The van der Waals surface area contributed by atoms with E-state index in [4.69, 9.17) is 25.8 Å². The summed E-state index contributed by atoms with van der Waals surface area (Å²) in [6.45, 7) is 2.25. The molecule has 0 unspecified atom stereocenters. The Bertz CT molecular complexity index is 1090. The fourth-order valence-electron chi connectivity index (χ4n) is 2.59. The molecule has 0 fully saturated rings. The number of hydrogen-bond donors (Lipinski definition) is 2. The van der Waals surface area contributed by atoms with Gasteiger partial charge in [0.05, 0.1) is 10.6 Å². The Kier molecular flexibility index (Phi) is 6.49. The van der Waals surface area contributed by atoms with Gasteiger partial charge in [-0.25, -0.2) is 17.9 Å². The van der Waals surface area contributed by atoms with Crippen molar-refractivity contribution in [2.45, 2.75) is 17.9 Å². The van der Waals surface area contributed by atoms with Gasteiger partial charge in [-0.1, -0.05) is 11.6 Å². The summed E-state index contributed by atoms with van der Waals surface area (Å²) in [5.74, 6) is -0.363. The van der Waals surface area contributed by atoms with Crippen LogP contribution in [0.5, 0.6) is 11.5 Å². The van der Waals surface area contributed by atoms with Crippen LogP contribution in [0.4, 0.5) is 5.69 Å². The zero-order valence-electron chi connectivity index (χ0n) is 16.1. The van der Waals surface area contributed by atoms with Gasteiger partial charge in [-0.2, -0.15) is 0 Å². The van der Waals surface area contributed by atoms with E-state index < -0.39 is 28.0 Å². The minimum Gasteiger partial charge on any atom is -0.486 e. The summed E-state index contributed by atoms with van der Waals surface area (Å²) >= 11 is 5.91. The van der Waals surface area contributed by atoms with Crippen molar-refractivity contribution in [1.29, 1.82) is 0 Å². The molecular weight excluding hydrogens is 436 g/mol. The number of sulfonamides is 1. The van der Waals surface area contributed by atoms with E-state index in [0.29, 0.717) is 30.4 Å². The molecule has 9 nitrogen and oxygen atoms in total. The number of halogens is 1. The third-order valence-electron chi connectivity index (χ3n) is 4.19. The molecule has 0 aromatic heterocycles. The Hall–Kier alpha value is -2.82. The van der Waals surface area contributed by atoms with Crippen molar-refractivity contribution in [3.8, 4) is 11.5 Å². The minimum atomic E-state index is -3.87. The summed E-state index contributed by atoms with van der Waals surface area (Å²) in [4.78, 5) is 24.5. The molecule has 0 bridgehead atoms. The molecule has 3 rings (SSSR count).